The van der Waals surface area contributed by atoms with Gasteiger partial charge in [-0.05, 0) is 45.8 Å². The fourth-order valence-electron chi connectivity index (χ4n) is 2.11. The van der Waals surface area contributed by atoms with E-state index in [4.69, 9.17) is 17.3 Å². The van der Waals surface area contributed by atoms with Crippen molar-refractivity contribution in [3.8, 4) is 0 Å². The van der Waals surface area contributed by atoms with Crippen molar-refractivity contribution in [3.63, 3.8) is 0 Å². The van der Waals surface area contributed by atoms with Crippen molar-refractivity contribution in [1.29, 1.82) is 0 Å². The van der Waals surface area contributed by atoms with Crippen molar-refractivity contribution in [2.24, 2.45) is 0 Å². The molecule has 5 nitrogen and oxygen atoms in total. The molecule has 7 heteroatoms. The third-order valence-electron chi connectivity index (χ3n) is 3.38. The average molecular weight is 405 g/mol. The van der Waals surface area contributed by atoms with Gasteiger partial charge in [0, 0.05) is 16.0 Å². The van der Waals surface area contributed by atoms with Gasteiger partial charge in [0.25, 0.3) is 0 Å². The van der Waals surface area contributed by atoms with Gasteiger partial charge in [-0.25, -0.2) is 9.97 Å². The Morgan fingerprint density at radius 3 is 2.46 bits per heavy atom. The molecule has 0 bridgehead atoms. The second-order valence-electron chi connectivity index (χ2n) is 5.07. The Morgan fingerprint density at radius 1 is 1.00 bits per heavy atom. The van der Waals surface area contributed by atoms with E-state index in [9.17, 15) is 0 Å². The molecular formula is C17H15BrClN5. The van der Waals surface area contributed by atoms with Crippen LogP contribution in [0.3, 0.4) is 0 Å². The fourth-order valence-corrected chi connectivity index (χ4v) is 2.62. The van der Waals surface area contributed by atoms with Crippen LogP contribution in [0.5, 0.6) is 0 Å². The first kappa shape index (κ1) is 16.5. The zero-order valence-electron chi connectivity index (χ0n) is 12.6. The molecule has 0 fully saturated rings. The number of nitrogens with two attached hydrogens (primary N) is 1. The molecule has 1 aromatic heterocycles. The molecule has 0 atom stereocenters. The number of anilines is 4. The number of nitrogens with zero attached hydrogens (tertiary/aromatic N) is 2. The monoisotopic (exact) mass is 403 g/mol. The Balaban J connectivity index is 1.75. The largest absolute Gasteiger partial charge is 0.393 e. The number of aromatic nitrogens is 2. The van der Waals surface area contributed by atoms with E-state index < -0.39 is 0 Å². The Bertz CT molecular complexity index is 839. The standard InChI is InChI=1S/C17H15BrClN5/c18-13-3-1-2-4-14(13)24-17-15(20)16(22-10-23-17)21-9-11-5-7-12(19)8-6-11/h1-8,10H,9,20H2,(H2,21,22,23,24). The smallest absolute Gasteiger partial charge is 0.159 e. The molecule has 122 valence electrons. The molecule has 0 aliphatic carbocycles. The molecule has 0 amide bonds. The van der Waals surface area contributed by atoms with Gasteiger partial charge in [-0.2, -0.15) is 0 Å². The number of para-hydroxylation sites is 1. The maximum atomic E-state index is 6.18. The number of nitrogens with one attached hydrogen (secondary N) is 2. The highest BCUT2D eigenvalue weighted by Crippen LogP contribution is 2.29. The van der Waals surface area contributed by atoms with Gasteiger partial charge in [-0.3, -0.25) is 0 Å². The predicted octanol–water partition coefficient (Wildman–Crippen LogP) is 4.83. The van der Waals surface area contributed by atoms with Crippen LogP contribution >= 0.6 is 27.5 Å². The van der Waals surface area contributed by atoms with Crippen molar-refractivity contribution in [2.45, 2.75) is 6.54 Å². The maximum absolute atomic E-state index is 6.18. The molecule has 0 unspecified atom stereocenters. The van der Waals surface area contributed by atoms with Crippen LogP contribution in [0.25, 0.3) is 0 Å². The number of nitrogen functional groups attached to an aromatic ring is 1. The Hall–Kier alpha value is -2.31. The summed E-state index contributed by atoms with van der Waals surface area (Å²) in [4.78, 5) is 8.43. The quantitative estimate of drug-likeness (QED) is 0.568. The van der Waals surface area contributed by atoms with E-state index in [1.54, 1.807) is 0 Å². The first-order valence-electron chi connectivity index (χ1n) is 7.24. The fraction of sp³-hybridized carbons (Fsp3) is 0.0588. The molecule has 0 aliphatic rings. The molecule has 0 saturated heterocycles. The summed E-state index contributed by atoms with van der Waals surface area (Å²) in [6.45, 7) is 0.590. The summed E-state index contributed by atoms with van der Waals surface area (Å²) < 4.78 is 0.929. The van der Waals surface area contributed by atoms with Gasteiger partial charge in [0.1, 0.15) is 12.0 Å². The van der Waals surface area contributed by atoms with Crippen LogP contribution in [0.15, 0.2) is 59.3 Å². The molecule has 3 aromatic rings. The third-order valence-corrected chi connectivity index (χ3v) is 4.33. The normalized spacial score (nSPS) is 10.4. The Labute approximate surface area is 153 Å². The van der Waals surface area contributed by atoms with Crippen LogP contribution < -0.4 is 16.4 Å². The van der Waals surface area contributed by atoms with Crippen LogP contribution in [0.1, 0.15) is 5.56 Å². The first-order valence-corrected chi connectivity index (χ1v) is 8.41. The van der Waals surface area contributed by atoms with Crippen LogP contribution in [0, 0.1) is 0 Å². The second-order valence-corrected chi connectivity index (χ2v) is 6.36. The Kier molecular flexibility index (Phi) is 5.17. The van der Waals surface area contributed by atoms with Crippen molar-refractivity contribution in [1.82, 2.24) is 9.97 Å². The molecule has 24 heavy (non-hydrogen) atoms. The molecule has 3 rings (SSSR count). The summed E-state index contributed by atoms with van der Waals surface area (Å²) in [6.07, 6.45) is 1.47. The first-order chi connectivity index (χ1) is 11.6. The van der Waals surface area contributed by atoms with E-state index in [1.165, 1.54) is 6.33 Å². The summed E-state index contributed by atoms with van der Waals surface area (Å²) in [5, 5.41) is 7.13. The highest BCUT2D eigenvalue weighted by Gasteiger charge is 2.09. The molecule has 0 saturated carbocycles. The van der Waals surface area contributed by atoms with Gasteiger partial charge in [0.2, 0.25) is 0 Å². The summed E-state index contributed by atoms with van der Waals surface area (Å²) >= 11 is 9.38. The molecular weight excluding hydrogens is 390 g/mol. The lowest BCUT2D eigenvalue weighted by Gasteiger charge is -2.13. The molecule has 0 spiro atoms. The molecule has 1 heterocycles. The van der Waals surface area contributed by atoms with Gasteiger partial charge in [0.05, 0.1) is 5.69 Å². The van der Waals surface area contributed by atoms with E-state index in [2.05, 4.69) is 36.5 Å². The van der Waals surface area contributed by atoms with Crippen molar-refractivity contribution in [3.05, 3.63) is 69.9 Å². The number of hydrogen-bond acceptors (Lipinski definition) is 5. The summed E-state index contributed by atoms with van der Waals surface area (Å²) in [5.74, 6) is 1.13. The zero-order chi connectivity index (χ0) is 16.9. The van der Waals surface area contributed by atoms with E-state index in [0.717, 1.165) is 15.7 Å². The van der Waals surface area contributed by atoms with E-state index >= 15 is 0 Å². The minimum Gasteiger partial charge on any atom is -0.393 e. The number of hydrogen-bond donors (Lipinski definition) is 3. The van der Waals surface area contributed by atoms with Gasteiger partial charge in [0.15, 0.2) is 11.6 Å². The third kappa shape index (κ3) is 3.96. The average Bonchev–Trinajstić information content (AvgIpc) is 2.59. The van der Waals surface area contributed by atoms with Crippen molar-refractivity contribution >= 4 is 50.5 Å². The van der Waals surface area contributed by atoms with Gasteiger partial charge in [-0.15, -0.1) is 0 Å². The summed E-state index contributed by atoms with van der Waals surface area (Å²) in [7, 11) is 0. The molecule has 0 radical (unpaired) electrons. The maximum Gasteiger partial charge on any atom is 0.159 e. The zero-order valence-corrected chi connectivity index (χ0v) is 15.0. The van der Waals surface area contributed by atoms with Gasteiger partial charge >= 0.3 is 0 Å². The van der Waals surface area contributed by atoms with Gasteiger partial charge in [-0.1, -0.05) is 35.9 Å². The minimum absolute atomic E-state index is 0.460. The summed E-state index contributed by atoms with van der Waals surface area (Å²) in [5.41, 5.74) is 8.61. The van der Waals surface area contributed by atoms with Crippen molar-refractivity contribution < 1.29 is 0 Å². The SMILES string of the molecule is Nc1c(NCc2ccc(Cl)cc2)ncnc1Nc1ccccc1Br. The minimum atomic E-state index is 0.460. The number of benzene rings is 2. The van der Waals surface area contributed by atoms with E-state index in [1.807, 2.05) is 48.5 Å². The lowest BCUT2D eigenvalue weighted by atomic mass is 10.2. The second kappa shape index (κ2) is 7.51. The van der Waals surface area contributed by atoms with Crippen LogP contribution in [0.2, 0.25) is 5.02 Å². The van der Waals surface area contributed by atoms with Gasteiger partial charge < -0.3 is 16.4 Å². The van der Waals surface area contributed by atoms with Crippen LogP contribution in [-0.2, 0) is 6.54 Å². The lowest BCUT2D eigenvalue weighted by molar-refractivity contribution is 1.09. The van der Waals surface area contributed by atoms with Crippen LogP contribution in [0.4, 0.5) is 23.0 Å². The highest BCUT2D eigenvalue weighted by atomic mass is 79.9. The molecule has 2 aromatic carbocycles. The Morgan fingerprint density at radius 2 is 1.71 bits per heavy atom. The molecule has 0 aliphatic heterocycles. The highest BCUT2D eigenvalue weighted by molar-refractivity contribution is 9.10. The summed E-state index contributed by atoms with van der Waals surface area (Å²) in [6, 6.07) is 15.4. The molecule has 4 N–H and O–H groups in total. The van der Waals surface area contributed by atoms with E-state index in [0.29, 0.717) is 28.9 Å². The van der Waals surface area contributed by atoms with E-state index in [-0.39, 0.29) is 0 Å². The van der Waals surface area contributed by atoms with Crippen LogP contribution in [-0.4, -0.2) is 9.97 Å². The lowest BCUT2D eigenvalue weighted by Crippen LogP contribution is -2.08. The van der Waals surface area contributed by atoms with Crippen molar-refractivity contribution in [2.75, 3.05) is 16.4 Å². The number of halogens is 2. The predicted molar refractivity (Wildman–Crippen MR) is 103 cm³/mol. The number of rotatable bonds is 5. The topological polar surface area (TPSA) is 75.9 Å².